The molecule has 0 aromatic heterocycles. The van der Waals surface area contributed by atoms with Crippen molar-refractivity contribution in [1.82, 2.24) is 20.4 Å². The Bertz CT molecular complexity index is 608. The first kappa shape index (κ1) is 27.9. The van der Waals surface area contributed by atoms with Gasteiger partial charge in [0.1, 0.15) is 5.75 Å². The molecule has 31 heavy (non-hydrogen) atoms. The molecule has 1 aromatic carbocycles. The van der Waals surface area contributed by atoms with Crippen LogP contribution in [0.2, 0.25) is 0 Å². The largest absolute Gasteiger partial charge is 0.497 e. The molecule has 1 aliphatic heterocycles. The van der Waals surface area contributed by atoms with Crippen LogP contribution in [-0.2, 0) is 4.74 Å². The lowest BCUT2D eigenvalue weighted by atomic mass is 10.0. The number of nitrogens with one attached hydrogen (secondary N) is 2. The number of methoxy groups -OCH3 is 1. The average Bonchev–Trinajstić information content (AvgIpc) is 2.79. The molecule has 0 spiro atoms. The summed E-state index contributed by atoms with van der Waals surface area (Å²) in [5.74, 6) is 1.76. The molecule has 2 rings (SSSR count). The molecule has 1 atom stereocenters. The highest BCUT2D eigenvalue weighted by atomic mass is 127. The van der Waals surface area contributed by atoms with Crippen molar-refractivity contribution < 1.29 is 9.47 Å². The molecule has 1 aromatic rings. The Kier molecular flexibility index (Phi) is 14.9. The van der Waals surface area contributed by atoms with Crippen molar-refractivity contribution in [2.24, 2.45) is 4.99 Å². The quantitative estimate of drug-likeness (QED) is 0.239. The Balaban J connectivity index is 0.00000480. The van der Waals surface area contributed by atoms with Gasteiger partial charge in [-0.1, -0.05) is 25.5 Å². The number of unbranched alkanes of at least 4 members (excludes halogenated alkanes) is 1. The van der Waals surface area contributed by atoms with Crippen LogP contribution in [0, 0.1) is 0 Å². The third-order valence-electron chi connectivity index (χ3n) is 5.43. The van der Waals surface area contributed by atoms with Crippen molar-refractivity contribution in [2.75, 3.05) is 73.2 Å². The zero-order valence-corrected chi connectivity index (χ0v) is 22.1. The van der Waals surface area contributed by atoms with Crippen LogP contribution in [-0.4, -0.2) is 88.9 Å². The van der Waals surface area contributed by atoms with Gasteiger partial charge in [-0.25, -0.2) is 0 Å². The lowest BCUT2D eigenvalue weighted by Crippen LogP contribution is -2.43. The minimum absolute atomic E-state index is 0. The number of ether oxygens (including phenoxy) is 2. The molecule has 0 bridgehead atoms. The van der Waals surface area contributed by atoms with Gasteiger partial charge >= 0.3 is 0 Å². The monoisotopic (exact) mass is 547 g/mol. The van der Waals surface area contributed by atoms with Gasteiger partial charge in [0.15, 0.2) is 5.96 Å². The lowest BCUT2D eigenvalue weighted by Gasteiger charge is -2.34. The molecule has 0 saturated carbocycles. The third-order valence-corrected chi connectivity index (χ3v) is 5.43. The molecule has 1 fully saturated rings. The van der Waals surface area contributed by atoms with Gasteiger partial charge < -0.3 is 25.0 Å². The standard InChI is InChI=1S/C23H41N5O2.HI/c1-5-7-13-27(3)14-12-25-23(24-6-2)26-19-22(28-15-17-30-18-16-28)20-8-10-21(29-4)11-9-20;/h8-11,22H,5-7,12-19H2,1-4H3,(H2,24,25,26);1H. The molecule has 2 N–H and O–H groups in total. The number of morpholine rings is 1. The van der Waals surface area contributed by atoms with Gasteiger partial charge in [0, 0.05) is 32.7 Å². The zero-order valence-electron chi connectivity index (χ0n) is 19.7. The molecule has 1 aliphatic rings. The Hall–Kier alpha value is -1.10. The van der Waals surface area contributed by atoms with Crippen LogP contribution < -0.4 is 15.4 Å². The number of guanidine groups is 1. The minimum atomic E-state index is 0. The molecule has 8 heteroatoms. The van der Waals surface area contributed by atoms with Crippen molar-refractivity contribution in [3.63, 3.8) is 0 Å². The van der Waals surface area contributed by atoms with Crippen LogP contribution in [0.15, 0.2) is 29.3 Å². The predicted molar refractivity (Wildman–Crippen MR) is 140 cm³/mol. The number of nitrogens with zero attached hydrogens (tertiary/aromatic N) is 3. The maximum absolute atomic E-state index is 5.56. The van der Waals surface area contributed by atoms with Gasteiger partial charge in [-0.3, -0.25) is 9.89 Å². The van der Waals surface area contributed by atoms with Crippen LogP contribution in [0.5, 0.6) is 5.75 Å². The van der Waals surface area contributed by atoms with E-state index < -0.39 is 0 Å². The summed E-state index contributed by atoms with van der Waals surface area (Å²) in [5.41, 5.74) is 1.26. The first-order valence-corrected chi connectivity index (χ1v) is 11.3. The summed E-state index contributed by atoms with van der Waals surface area (Å²) >= 11 is 0. The highest BCUT2D eigenvalue weighted by Gasteiger charge is 2.22. The maximum atomic E-state index is 5.56. The van der Waals surface area contributed by atoms with Crippen molar-refractivity contribution in [3.05, 3.63) is 29.8 Å². The van der Waals surface area contributed by atoms with Crippen molar-refractivity contribution in [1.29, 1.82) is 0 Å². The van der Waals surface area contributed by atoms with Crippen LogP contribution in [0.4, 0.5) is 0 Å². The van der Waals surface area contributed by atoms with Crippen LogP contribution >= 0.6 is 24.0 Å². The van der Waals surface area contributed by atoms with E-state index in [1.165, 1.54) is 18.4 Å². The molecular formula is C23H42IN5O2. The van der Waals surface area contributed by atoms with Crippen molar-refractivity contribution in [3.8, 4) is 5.75 Å². The summed E-state index contributed by atoms with van der Waals surface area (Å²) in [7, 11) is 3.88. The first-order chi connectivity index (χ1) is 14.7. The van der Waals surface area contributed by atoms with E-state index in [2.05, 4.69) is 53.5 Å². The molecule has 1 saturated heterocycles. The molecular weight excluding hydrogens is 505 g/mol. The van der Waals surface area contributed by atoms with Crippen LogP contribution in [0.3, 0.4) is 0 Å². The molecule has 1 heterocycles. The van der Waals surface area contributed by atoms with Gasteiger partial charge in [-0.15, -0.1) is 24.0 Å². The van der Waals surface area contributed by atoms with Gasteiger partial charge in [-0.05, 0) is 44.6 Å². The van der Waals surface area contributed by atoms with Crippen LogP contribution in [0.25, 0.3) is 0 Å². The van der Waals surface area contributed by atoms with Crippen LogP contribution in [0.1, 0.15) is 38.3 Å². The number of hydrogen-bond acceptors (Lipinski definition) is 5. The Morgan fingerprint density at radius 2 is 1.87 bits per heavy atom. The van der Waals surface area contributed by atoms with E-state index in [9.17, 15) is 0 Å². The topological polar surface area (TPSA) is 61.4 Å². The highest BCUT2D eigenvalue weighted by molar-refractivity contribution is 14.0. The summed E-state index contributed by atoms with van der Waals surface area (Å²) in [6.45, 7) is 12.3. The fourth-order valence-electron chi connectivity index (χ4n) is 3.57. The fourth-order valence-corrected chi connectivity index (χ4v) is 3.57. The van der Waals surface area contributed by atoms with Gasteiger partial charge in [-0.2, -0.15) is 0 Å². The second kappa shape index (κ2) is 16.5. The highest BCUT2D eigenvalue weighted by Crippen LogP contribution is 2.24. The van der Waals surface area contributed by atoms with E-state index in [1.54, 1.807) is 7.11 Å². The number of benzene rings is 1. The SMILES string of the molecule is CCCCN(C)CCNC(=NCC(c1ccc(OC)cc1)N1CCOCC1)NCC.I. The number of aliphatic imine (C=N–C) groups is 1. The average molecular weight is 548 g/mol. The number of halogens is 1. The molecule has 7 nitrogen and oxygen atoms in total. The van der Waals surface area contributed by atoms with E-state index in [4.69, 9.17) is 14.5 Å². The Morgan fingerprint density at radius 3 is 2.48 bits per heavy atom. The lowest BCUT2D eigenvalue weighted by molar-refractivity contribution is 0.0179. The van der Waals surface area contributed by atoms with E-state index in [0.29, 0.717) is 6.54 Å². The fraction of sp³-hybridized carbons (Fsp3) is 0.696. The first-order valence-electron chi connectivity index (χ1n) is 11.3. The third kappa shape index (κ3) is 10.4. The predicted octanol–water partition coefficient (Wildman–Crippen LogP) is 2.97. The molecule has 178 valence electrons. The summed E-state index contributed by atoms with van der Waals surface area (Å²) < 4.78 is 10.9. The van der Waals surface area contributed by atoms with Gasteiger partial charge in [0.2, 0.25) is 0 Å². The Labute approximate surface area is 206 Å². The molecule has 1 unspecified atom stereocenters. The zero-order chi connectivity index (χ0) is 21.6. The Morgan fingerprint density at radius 1 is 1.16 bits per heavy atom. The number of likely N-dealkylation sites (N-methyl/N-ethyl adjacent to an activating group) is 1. The second-order valence-corrected chi connectivity index (χ2v) is 7.74. The van der Waals surface area contributed by atoms with Gasteiger partial charge in [0.05, 0.1) is 32.9 Å². The number of rotatable bonds is 12. The van der Waals surface area contributed by atoms with E-state index >= 15 is 0 Å². The van der Waals surface area contributed by atoms with E-state index in [1.807, 2.05) is 12.1 Å². The normalized spacial score (nSPS) is 16.0. The maximum Gasteiger partial charge on any atom is 0.191 e. The summed E-state index contributed by atoms with van der Waals surface area (Å²) in [6.07, 6.45) is 2.48. The summed E-state index contributed by atoms with van der Waals surface area (Å²) in [6, 6.07) is 8.58. The van der Waals surface area contributed by atoms with E-state index in [-0.39, 0.29) is 30.0 Å². The minimum Gasteiger partial charge on any atom is -0.497 e. The summed E-state index contributed by atoms with van der Waals surface area (Å²) in [4.78, 5) is 9.77. The smallest absolute Gasteiger partial charge is 0.191 e. The number of hydrogen-bond donors (Lipinski definition) is 2. The van der Waals surface area contributed by atoms with Gasteiger partial charge in [0.25, 0.3) is 0 Å². The summed E-state index contributed by atoms with van der Waals surface area (Å²) in [5, 5.41) is 6.87. The molecule has 0 radical (unpaired) electrons. The van der Waals surface area contributed by atoms with E-state index in [0.717, 1.165) is 64.2 Å². The van der Waals surface area contributed by atoms with Crippen molar-refractivity contribution >= 4 is 29.9 Å². The molecule has 0 aliphatic carbocycles. The van der Waals surface area contributed by atoms with Crippen molar-refractivity contribution in [2.45, 2.75) is 32.7 Å². The second-order valence-electron chi connectivity index (χ2n) is 7.74. The molecule has 0 amide bonds.